The highest BCUT2D eigenvalue weighted by atomic mass is 16.5. The molecular formula is C16H34N2O. The third-order valence-electron chi connectivity index (χ3n) is 4.45. The van der Waals surface area contributed by atoms with Crippen molar-refractivity contribution >= 4 is 0 Å². The average Bonchev–Trinajstić information content (AvgIpc) is 2.38. The van der Waals surface area contributed by atoms with Gasteiger partial charge in [0.05, 0.1) is 6.61 Å². The van der Waals surface area contributed by atoms with Crippen LogP contribution in [0.3, 0.4) is 0 Å². The van der Waals surface area contributed by atoms with E-state index in [-0.39, 0.29) is 5.54 Å². The van der Waals surface area contributed by atoms with Crippen LogP contribution >= 0.6 is 0 Å². The predicted octanol–water partition coefficient (Wildman–Crippen LogP) is 2.90. The lowest BCUT2D eigenvalue weighted by Crippen LogP contribution is -2.62. The number of hydrogen-bond donors (Lipinski definition) is 1. The minimum Gasteiger partial charge on any atom is -0.380 e. The van der Waals surface area contributed by atoms with Crippen molar-refractivity contribution in [2.75, 3.05) is 32.8 Å². The Morgan fingerprint density at radius 3 is 2.63 bits per heavy atom. The van der Waals surface area contributed by atoms with Gasteiger partial charge in [-0.1, -0.05) is 27.7 Å². The molecule has 1 N–H and O–H groups in total. The number of ether oxygens (including phenoxy) is 1. The first kappa shape index (κ1) is 16.9. The molecular weight excluding hydrogens is 236 g/mol. The van der Waals surface area contributed by atoms with Crippen molar-refractivity contribution in [3.05, 3.63) is 0 Å². The number of nitrogens with zero attached hydrogens (tertiary/aromatic N) is 1. The van der Waals surface area contributed by atoms with Crippen LogP contribution in [0, 0.1) is 5.92 Å². The average molecular weight is 270 g/mol. The van der Waals surface area contributed by atoms with Crippen LogP contribution in [-0.4, -0.2) is 49.3 Å². The Hall–Kier alpha value is -0.120. The van der Waals surface area contributed by atoms with Crippen LogP contribution in [0.15, 0.2) is 0 Å². The molecule has 1 aliphatic heterocycles. The molecule has 1 saturated heterocycles. The van der Waals surface area contributed by atoms with E-state index in [9.17, 15) is 0 Å². The molecule has 0 saturated carbocycles. The van der Waals surface area contributed by atoms with Crippen LogP contribution in [0.1, 0.15) is 53.9 Å². The van der Waals surface area contributed by atoms with Gasteiger partial charge in [-0.15, -0.1) is 0 Å². The summed E-state index contributed by atoms with van der Waals surface area (Å²) in [7, 11) is 0. The van der Waals surface area contributed by atoms with Gasteiger partial charge < -0.3 is 10.1 Å². The summed E-state index contributed by atoms with van der Waals surface area (Å²) in [5, 5.41) is 3.71. The quantitative estimate of drug-likeness (QED) is 0.686. The van der Waals surface area contributed by atoms with Gasteiger partial charge in [0.15, 0.2) is 0 Å². The summed E-state index contributed by atoms with van der Waals surface area (Å²) < 4.78 is 5.78. The molecule has 0 aromatic rings. The second-order valence-corrected chi connectivity index (χ2v) is 6.62. The molecule has 1 aliphatic rings. The Kier molecular flexibility index (Phi) is 7.33. The van der Waals surface area contributed by atoms with E-state index in [0.717, 1.165) is 38.8 Å². The first-order valence-corrected chi connectivity index (χ1v) is 8.07. The van der Waals surface area contributed by atoms with Gasteiger partial charge in [-0.05, 0) is 32.1 Å². The van der Waals surface area contributed by atoms with Crippen LogP contribution < -0.4 is 5.32 Å². The van der Waals surface area contributed by atoms with Gasteiger partial charge in [-0.25, -0.2) is 0 Å². The Morgan fingerprint density at radius 1 is 1.32 bits per heavy atom. The summed E-state index contributed by atoms with van der Waals surface area (Å²) in [6, 6.07) is 0.674. The maximum Gasteiger partial charge on any atom is 0.0593 e. The molecule has 1 fully saturated rings. The predicted molar refractivity (Wildman–Crippen MR) is 82.6 cm³/mol. The smallest absolute Gasteiger partial charge is 0.0593 e. The maximum atomic E-state index is 5.78. The molecule has 3 heteroatoms. The van der Waals surface area contributed by atoms with Gasteiger partial charge in [-0.3, -0.25) is 4.90 Å². The zero-order valence-electron chi connectivity index (χ0n) is 13.7. The van der Waals surface area contributed by atoms with Gasteiger partial charge in [0.2, 0.25) is 0 Å². The van der Waals surface area contributed by atoms with E-state index in [2.05, 4.69) is 44.8 Å². The minimum atomic E-state index is 0.281. The summed E-state index contributed by atoms with van der Waals surface area (Å²) in [5.74, 6) is 0.742. The number of piperazine rings is 1. The molecule has 114 valence electrons. The molecule has 2 unspecified atom stereocenters. The highest BCUT2D eigenvalue weighted by Crippen LogP contribution is 2.20. The topological polar surface area (TPSA) is 24.5 Å². The molecule has 2 atom stereocenters. The Bertz CT molecular complexity index is 245. The summed E-state index contributed by atoms with van der Waals surface area (Å²) >= 11 is 0. The van der Waals surface area contributed by atoms with Gasteiger partial charge in [0.25, 0.3) is 0 Å². The number of nitrogens with one attached hydrogen (secondary N) is 1. The normalized spacial score (nSPS) is 29.1. The summed E-state index contributed by atoms with van der Waals surface area (Å²) in [5.41, 5.74) is 0.281. The summed E-state index contributed by atoms with van der Waals surface area (Å²) in [6.45, 7) is 16.5. The van der Waals surface area contributed by atoms with Crippen molar-refractivity contribution in [3.8, 4) is 0 Å². The molecule has 0 amide bonds. The minimum absolute atomic E-state index is 0.281. The van der Waals surface area contributed by atoms with Crippen molar-refractivity contribution in [1.29, 1.82) is 0 Å². The molecule has 0 radical (unpaired) electrons. The monoisotopic (exact) mass is 270 g/mol. The SMILES string of the molecule is CCC1CNC(C)(CC)CN1CCOCCC(C)C. The zero-order valence-corrected chi connectivity index (χ0v) is 13.7. The van der Waals surface area contributed by atoms with Crippen LogP contribution in [0.4, 0.5) is 0 Å². The summed E-state index contributed by atoms with van der Waals surface area (Å²) in [6.07, 6.45) is 3.58. The Morgan fingerprint density at radius 2 is 2.05 bits per heavy atom. The van der Waals surface area contributed by atoms with E-state index in [1.807, 2.05) is 0 Å². The van der Waals surface area contributed by atoms with Gasteiger partial charge >= 0.3 is 0 Å². The zero-order chi connectivity index (χ0) is 14.3. The van der Waals surface area contributed by atoms with E-state index >= 15 is 0 Å². The molecule has 1 heterocycles. The molecule has 3 nitrogen and oxygen atoms in total. The van der Waals surface area contributed by atoms with Crippen molar-refractivity contribution in [2.45, 2.75) is 65.5 Å². The fourth-order valence-electron chi connectivity index (χ4n) is 2.63. The maximum absolute atomic E-state index is 5.78. The highest BCUT2D eigenvalue weighted by Gasteiger charge is 2.33. The second-order valence-electron chi connectivity index (χ2n) is 6.62. The first-order chi connectivity index (χ1) is 9.00. The third-order valence-corrected chi connectivity index (χ3v) is 4.45. The Balaban J connectivity index is 2.31. The molecule has 0 bridgehead atoms. The molecule has 0 spiro atoms. The van der Waals surface area contributed by atoms with Crippen molar-refractivity contribution < 1.29 is 4.74 Å². The number of hydrogen-bond acceptors (Lipinski definition) is 3. The van der Waals surface area contributed by atoms with E-state index in [1.54, 1.807) is 0 Å². The van der Waals surface area contributed by atoms with Crippen LogP contribution in [0.2, 0.25) is 0 Å². The van der Waals surface area contributed by atoms with Crippen molar-refractivity contribution in [3.63, 3.8) is 0 Å². The lowest BCUT2D eigenvalue weighted by molar-refractivity contribution is 0.0401. The third kappa shape index (κ3) is 5.80. The fraction of sp³-hybridized carbons (Fsp3) is 1.00. The number of rotatable bonds is 8. The van der Waals surface area contributed by atoms with Crippen LogP contribution in [-0.2, 0) is 4.74 Å². The standard InChI is InChI=1S/C16H34N2O/c1-6-15-12-17-16(5,7-2)13-18(15)9-11-19-10-8-14(3)4/h14-15,17H,6-13H2,1-5H3. The van der Waals surface area contributed by atoms with Gasteiger partial charge in [0.1, 0.15) is 0 Å². The largest absolute Gasteiger partial charge is 0.380 e. The van der Waals surface area contributed by atoms with E-state index in [4.69, 9.17) is 4.74 Å². The molecule has 1 rings (SSSR count). The second kappa shape index (κ2) is 8.23. The van der Waals surface area contributed by atoms with Crippen molar-refractivity contribution in [1.82, 2.24) is 10.2 Å². The van der Waals surface area contributed by atoms with Gasteiger partial charge in [-0.2, -0.15) is 0 Å². The van der Waals surface area contributed by atoms with E-state index < -0.39 is 0 Å². The molecule has 19 heavy (non-hydrogen) atoms. The van der Waals surface area contributed by atoms with Gasteiger partial charge in [0, 0.05) is 37.8 Å². The molecule has 0 aliphatic carbocycles. The van der Waals surface area contributed by atoms with Crippen LogP contribution in [0.5, 0.6) is 0 Å². The highest BCUT2D eigenvalue weighted by molar-refractivity contribution is 4.93. The van der Waals surface area contributed by atoms with E-state index in [1.165, 1.54) is 19.3 Å². The summed E-state index contributed by atoms with van der Waals surface area (Å²) in [4.78, 5) is 2.62. The molecule has 0 aromatic heterocycles. The van der Waals surface area contributed by atoms with Crippen LogP contribution in [0.25, 0.3) is 0 Å². The lowest BCUT2D eigenvalue weighted by atomic mass is 9.93. The van der Waals surface area contributed by atoms with E-state index in [0.29, 0.717) is 6.04 Å². The lowest BCUT2D eigenvalue weighted by Gasteiger charge is -2.46. The fourth-order valence-corrected chi connectivity index (χ4v) is 2.63. The molecule has 0 aromatic carbocycles. The first-order valence-electron chi connectivity index (χ1n) is 8.07. The Labute approximate surface area is 120 Å². The van der Waals surface area contributed by atoms with Crippen molar-refractivity contribution in [2.24, 2.45) is 5.92 Å².